The number of carboxylic acids is 1. The molecule has 1 fully saturated rings. The number of phenolic OH excluding ortho intramolecular Hbond substituents is 1. The first-order valence-corrected chi connectivity index (χ1v) is 12.6. The van der Waals surface area contributed by atoms with Crippen LogP contribution in [0.15, 0.2) is 66.7 Å². The Hall–Kier alpha value is -3.96. The number of hydrogen-bond acceptors (Lipinski definition) is 5. The van der Waals surface area contributed by atoms with Gasteiger partial charge in [-0.1, -0.05) is 30.3 Å². The van der Waals surface area contributed by atoms with E-state index in [1.165, 1.54) is 6.07 Å². The molecule has 1 aliphatic rings. The van der Waals surface area contributed by atoms with Crippen LogP contribution in [0.2, 0.25) is 0 Å². The van der Waals surface area contributed by atoms with Crippen molar-refractivity contribution >= 4 is 17.6 Å². The average Bonchev–Trinajstić information content (AvgIpc) is 3.11. The molecular weight excluding hydrogens is 530 g/mol. The second-order valence-corrected chi connectivity index (χ2v) is 9.50. The molecule has 1 amide bonds. The number of rotatable bonds is 6. The number of amides is 1. The molecule has 1 saturated heterocycles. The van der Waals surface area contributed by atoms with Crippen molar-refractivity contribution in [3.05, 3.63) is 94.8 Å². The van der Waals surface area contributed by atoms with Gasteiger partial charge in [0.25, 0.3) is 5.91 Å². The fourth-order valence-electron chi connectivity index (χ4n) is 4.20. The summed E-state index contributed by atoms with van der Waals surface area (Å²) >= 11 is 0. The maximum atomic E-state index is 13.8. The summed E-state index contributed by atoms with van der Waals surface area (Å²) in [6.07, 6.45) is -4.02. The van der Waals surface area contributed by atoms with Crippen LogP contribution in [0.4, 0.5) is 23.2 Å². The quantitative estimate of drug-likeness (QED) is 0.348. The maximum absolute atomic E-state index is 13.8. The number of nitrogens with zero attached hydrogens (tertiary/aromatic N) is 2. The highest BCUT2D eigenvalue weighted by molar-refractivity contribution is 6.04. The zero-order chi connectivity index (χ0) is 29.3. The predicted molar refractivity (Wildman–Crippen MR) is 143 cm³/mol. The largest absolute Gasteiger partial charge is 0.508 e. The van der Waals surface area contributed by atoms with Crippen molar-refractivity contribution in [2.75, 3.05) is 31.5 Å². The zero-order valence-corrected chi connectivity index (χ0v) is 21.9. The Morgan fingerprint density at radius 2 is 1.45 bits per heavy atom. The molecule has 3 N–H and O–H groups in total. The van der Waals surface area contributed by atoms with Crippen LogP contribution in [0, 0.1) is 12.7 Å². The molecule has 1 heterocycles. The molecule has 40 heavy (non-hydrogen) atoms. The molecule has 0 bridgehead atoms. The molecule has 0 atom stereocenters. The Morgan fingerprint density at radius 1 is 0.875 bits per heavy atom. The van der Waals surface area contributed by atoms with E-state index in [2.05, 4.69) is 15.1 Å². The number of benzene rings is 3. The number of anilines is 1. The number of carbonyl (C=O) groups excluding carboxylic acids is 1. The van der Waals surface area contributed by atoms with Gasteiger partial charge in [-0.15, -0.1) is 0 Å². The van der Waals surface area contributed by atoms with E-state index in [-0.39, 0.29) is 11.7 Å². The van der Waals surface area contributed by atoms with E-state index in [4.69, 9.17) is 9.90 Å². The number of halogens is 4. The summed E-state index contributed by atoms with van der Waals surface area (Å²) in [7, 11) is 0. The van der Waals surface area contributed by atoms with Gasteiger partial charge in [0.05, 0.1) is 0 Å². The molecule has 0 aliphatic carbocycles. The maximum Gasteiger partial charge on any atom is 0.490 e. The minimum Gasteiger partial charge on any atom is -0.508 e. The van der Waals surface area contributed by atoms with Crippen LogP contribution in [-0.2, 0) is 17.9 Å². The molecule has 0 radical (unpaired) electrons. The molecule has 0 saturated carbocycles. The molecule has 4 rings (SSSR count). The lowest BCUT2D eigenvalue weighted by atomic mass is 10.1. The third kappa shape index (κ3) is 9.65. The van der Waals surface area contributed by atoms with Gasteiger partial charge < -0.3 is 15.5 Å². The second-order valence-electron chi connectivity index (χ2n) is 9.50. The van der Waals surface area contributed by atoms with Crippen molar-refractivity contribution in [1.82, 2.24) is 9.80 Å². The summed E-state index contributed by atoms with van der Waals surface area (Å²) in [5.74, 6) is -3.03. The first-order chi connectivity index (χ1) is 18.9. The van der Waals surface area contributed by atoms with Crippen LogP contribution in [0.25, 0.3) is 0 Å². The number of carboxylic acid groups (broad SMARTS) is 1. The molecule has 1 aliphatic heterocycles. The van der Waals surface area contributed by atoms with Gasteiger partial charge in [0.15, 0.2) is 0 Å². The summed E-state index contributed by atoms with van der Waals surface area (Å²) in [6.45, 7) is 7.21. The van der Waals surface area contributed by atoms with E-state index in [0.29, 0.717) is 22.6 Å². The Bertz CT molecular complexity index is 1320. The number of phenols is 1. The van der Waals surface area contributed by atoms with Crippen LogP contribution >= 0.6 is 0 Å². The monoisotopic (exact) mass is 561 g/mol. The van der Waals surface area contributed by atoms with Crippen molar-refractivity contribution < 1.29 is 37.4 Å². The fourth-order valence-corrected chi connectivity index (χ4v) is 4.20. The summed E-state index contributed by atoms with van der Waals surface area (Å²) in [6, 6.07) is 19.8. The van der Waals surface area contributed by atoms with Gasteiger partial charge in [-0.25, -0.2) is 9.18 Å². The minimum absolute atomic E-state index is 0.242. The predicted octanol–water partition coefficient (Wildman–Crippen LogP) is 5.43. The molecule has 0 unspecified atom stereocenters. The number of aromatic hydroxyl groups is 1. The lowest BCUT2D eigenvalue weighted by Crippen LogP contribution is -2.30. The van der Waals surface area contributed by atoms with Crippen LogP contribution in [0.1, 0.15) is 33.5 Å². The van der Waals surface area contributed by atoms with Crippen LogP contribution < -0.4 is 5.32 Å². The Labute approximate surface area is 229 Å². The molecule has 7 nitrogen and oxygen atoms in total. The standard InChI is InChI=1S/C27H30FN3O2.C2HF3O2/c1-20-9-10-24(17-26(20)28)29-27(33)23-7-2-5-21(15-23)18-30-11-4-12-31(14-13-30)19-22-6-3-8-25(32)16-22;3-2(4,5)1(6)7/h2-3,5-10,15-17,32H,4,11-14,18-19H2,1H3,(H,29,33);(H,6,7). The highest BCUT2D eigenvalue weighted by Crippen LogP contribution is 2.18. The molecule has 3 aromatic rings. The molecule has 11 heteroatoms. The SMILES string of the molecule is Cc1ccc(NC(=O)c2cccc(CN3CCCN(Cc4cccc(O)c4)CC3)c2)cc1F.O=C(O)C(F)(F)F. The first-order valence-electron chi connectivity index (χ1n) is 12.6. The molecule has 214 valence electrons. The van der Waals surface area contributed by atoms with Crippen LogP contribution in [0.3, 0.4) is 0 Å². The number of alkyl halides is 3. The third-order valence-corrected chi connectivity index (χ3v) is 6.27. The number of nitrogens with one attached hydrogen (secondary N) is 1. The normalized spacial score (nSPS) is 14.5. The van der Waals surface area contributed by atoms with Gasteiger partial charge >= 0.3 is 12.1 Å². The second kappa shape index (κ2) is 13.9. The van der Waals surface area contributed by atoms with Crippen molar-refractivity contribution in [1.29, 1.82) is 0 Å². The zero-order valence-electron chi connectivity index (χ0n) is 21.9. The number of hydrogen-bond donors (Lipinski definition) is 3. The summed E-state index contributed by atoms with van der Waals surface area (Å²) in [5, 5.41) is 19.6. The highest BCUT2D eigenvalue weighted by atomic mass is 19.4. The third-order valence-electron chi connectivity index (χ3n) is 6.27. The Balaban J connectivity index is 0.000000559. The van der Waals surface area contributed by atoms with E-state index >= 15 is 0 Å². The van der Waals surface area contributed by atoms with Gasteiger partial charge in [0.1, 0.15) is 11.6 Å². The van der Waals surface area contributed by atoms with Crippen LogP contribution in [0.5, 0.6) is 5.75 Å². The lowest BCUT2D eigenvalue weighted by molar-refractivity contribution is -0.192. The van der Waals surface area contributed by atoms with Gasteiger partial charge in [0, 0.05) is 37.4 Å². The summed E-state index contributed by atoms with van der Waals surface area (Å²) < 4.78 is 45.5. The molecular formula is C29H31F4N3O4. The Morgan fingerprint density at radius 3 is 2.00 bits per heavy atom. The van der Waals surface area contributed by atoms with Gasteiger partial charge in [-0.2, -0.15) is 13.2 Å². The topological polar surface area (TPSA) is 93.1 Å². The lowest BCUT2D eigenvalue weighted by Gasteiger charge is -2.22. The minimum atomic E-state index is -5.08. The van der Waals surface area contributed by atoms with E-state index in [1.807, 2.05) is 36.4 Å². The molecule has 0 spiro atoms. The van der Waals surface area contributed by atoms with E-state index < -0.39 is 12.1 Å². The first kappa shape index (κ1) is 30.6. The number of aryl methyl sites for hydroxylation is 1. The van der Waals surface area contributed by atoms with E-state index in [1.54, 1.807) is 31.2 Å². The van der Waals surface area contributed by atoms with Gasteiger partial charge in [-0.05, 0) is 79.5 Å². The fraction of sp³-hybridized carbons (Fsp3) is 0.310. The van der Waals surface area contributed by atoms with Crippen LogP contribution in [-0.4, -0.2) is 64.2 Å². The van der Waals surface area contributed by atoms with Crippen molar-refractivity contribution in [3.63, 3.8) is 0 Å². The van der Waals surface area contributed by atoms with Crippen molar-refractivity contribution in [2.24, 2.45) is 0 Å². The summed E-state index contributed by atoms with van der Waals surface area (Å²) in [5.41, 5.74) is 3.77. The smallest absolute Gasteiger partial charge is 0.490 e. The number of carbonyl (C=O) groups is 2. The molecule has 0 aromatic heterocycles. The van der Waals surface area contributed by atoms with E-state index in [9.17, 15) is 27.5 Å². The Kier molecular flexibility index (Phi) is 10.6. The number of aliphatic carboxylic acids is 1. The van der Waals surface area contributed by atoms with E-state index in [0.717, 1.165) is 56.8 Å². The average molecular weight is 562 g/mol. The highest BCUT2D eigenvalue weighted by Gasteiger charge is 2.38. The molecule has 3 aromatic carbocycles. The summed E-state index contributed by atoms with van der Waals surface area (Å²) in [4.78, 5) is 26.4. The van der Waals surface area contributed by atoms with Crippen molar-refractivity contribution in [3.8, 4) is 5.75 Å². The van der Waals surface area contributed by atoms with Gasteiger partial charge in [-0.3, -0.25) is 14.6 Å². The van der Waals surface area contributed by atoms with Crippen molar-refractivity contribution in [2.45, 2.75) is 32.6 Å². The van der Waals surface area contributed by atoms with Gasteiger partial charge in [0.2, 0.25) is 0 Å².